The monoisotopic (exact) mass is 410 g/mol. The van der Waals surface area contributed by atoms with Crippen molar-refractivity contribution in [2.45, 2.75) is 0 Å². The molecule has 1 fully saturated rings. The minimum absolute atomic E-state index is 0.106. The van der Waals surface area contributed by atoms with Crippen molar-refractivity contribution < 1.29 is 9.18 Å². The molecule has 1 aliphatic heterocycles. The normalized spacial score (nSPS) is 14.1. The van der Waals surface area contributed by atoms with Crippen molar-refractivity contribution in [3.63, 3.8) is 0 Å². The second-order valence-corrected chi connectivity index (χ2v) is 6.88. The molecule has 4 rings (SSSR count). The van der Waals surface area contributed by atoms with Crippen LogP contribution in [0.3, 0.4) is 0 Å². The molecular weight excluding hydrogens is 391 g/mol. The van der Waals surface area contributed by atoms with Gasteiger partial charge in [0.05, 0.1) is 0 Å². The van der Waals surface area contributed by atoms with Crippen LogP contribution in [-0.2, 0) is 7.05 Å². The van der Waals surface area contributed by atoms with Crippen LogP contribution < -0.4 is 16.1 Å². The quantitative estimate of drug-likeness (QED) is 0.679. The Bertz CT molecular complexity index is 1200. The van der Waals surface area contributed by atoms with Gasteiger partial charge in [-0.2, -0.15) is 0 Å². The molecule has 0 saturated carbocycles. The van der Waals surface area contributed by atoms with E-state index in [1.165, 1.54) is 18.3 Å². The second-order valence-electron chi connectivity index (χ2n) is 6.88. The lowest BCUT2D eigenvalue weighted by Crippen LogP contribution is -2.51. The van der Waals surface area contributed by atoms with Crippen molar-refractivity contribution in [2.75, 3.05) is 31.1 Å². The van der Waals surface area contributed by atoms with Gasteiger partial charge in [-0.25, -0.2) is 19.2 Å². The van der Waals surface area contributed by atoms with Crippen molar-refractivity contribution in [2.24, 2.45) is 7.05 Å². The lowest BCUT2D eigenvalue weighted by molar-refractivity contribution is 0.0743. The molecule has 10 heteroatoms. The molecule has 154 valence electrons. The molecule has 9 nitrogen and oxygen atoms in total. The third kappa shape index (κ3) is 3.47. The maximum atomic E-state index is 15.1. The van der Waals surface area contributed by atoms with Crippen molar-refractivity contribution in [1.82, 2.24) is 24.4 Å². The number of carbonyl (C=O) groups excluding carboxylic acids is 1. The number of halogens is 1. The van der Waals surface area contributed by atoms with E-state index in [0.29, 0.717) is 18.7 Å². The molecule has 2 aromatic heterocycles. The Labute approximate surface area is 170 Å². The van der Waals surface area contributed by atoms with Gasteiger partial charge in [-0.3, -0.25) is 14.2 Å². The predicted octanol–water partition coefficient (Wildman–Crippen LogP) is 0.632. The molecule has 1 saturated heterocycles. The maximum Gasteiger partial charge on any atom is 0.328 e. The van der Waals surface area contributed by atoms with Gasteiger partial charge in [0, 0.05) is 45.0 Å². The van der Waals surface area contributed by atoms with Crippen molar-refractivity contribution in [3.05, 3.63) is 75.1 Å². The van der Waals surface area contributed by atoms with Crippen LogP contribution in [-0.4, -0.2) is 56.5 Å². The number of hydrogen-bond acceptors (Lipinski definition) is 6. The van der Waals surface area contributed by atoms with Crippen LogP contribution >= 0.6 is 0 Å². The van der Waals surface area contributed by atoms with E-state index in [-0.39, 0.29) is 30.2 Å². The van der Waals surface area contributed by atoms with Gasteiger partial charge in [-0.05, 0) is 0 Å². The summed E-state index contributed by atoms with van der Waals surface area (Å²) in [6.45, 7) is 1.26. The highest BCUT2D eigenvalue weighted by molar-refractivity contribution is 5.93. The van der Waals surface area contributed by atoms with Gasteiger partial charge in [0.2, 0.25) is 0 Å². The Morgan fingerprint density at radius 2 is 1.77 bits per heavy atom. The summed E-state index contributed by atoms with van der Waals surface area (Å²) >= 11 is 0. The summed E-state index contributed by atoms with van der Waals surface area (Å²) in [5.74, 6) is -0.812. The fourth-order valence-electron chi connectivity index (χ4n) is 3.39. The zero-order valence-corrected chi connectivity index (χ0v) is 16.2. The predicted molar refractivity (Wildman–Crippen MR) is 108 cm³/mol. The molecule has 30 heavy (non-hydrogen) atoms. The number of aromatic amines is 1. The van der Waals surface area contributed by atoms with Crippen molar-refractivity contribution >= 4 is 11.7 Å². The van der Waals surface area contributed by atoms with E-state index < -0.39 is 23.0 Å². The summed E-state index contributed by atoms with van der Waals surface area (Å²) in [5.41, 5.74) is -0.474. The smallest absolute Gasteiger partial charge is 0.328 e. The number of rotatable bonds is 3. The van der Waals surface area contributed by atoms with Gasteiger partial charge in [0.25, 0.3) is 11.5 Å². The van der Waals surface area contributed by atoms with Crippen molar-refractivity contribution in [3.8, 4) is 11.3 Å². The van der Waals surface area contributed by atoms with Crippen LogP contribution in [0.15, 0.2) is 52.4 Å². The highest BCUT2D eigenvalue weighted by Gasteiger charge is 2.27. The lowest BCUT2D eigenvalue weighted by Gasteiger charge is -2.35. The number of H-pyrrole nitrogens is 1. The highest BCUT2D eigenvalue weighted by Crippen LogP contribution is 2.26. The van der Waals surface area contributed by atoms with E-state index in [9.17, 15) is 14.4 Å². The fraction of sp³-hybridized carbons (Fsp3) is 0.250. The van der Waals surface area contributed by atoms with Gasteiger partial charge in [0.15, 0.2) is 11.6 Å². The molecule has 1 amide bonds. The fourth-order valence-corrected chi connectivity index (χ4v) is 3.39. The largest absolute Gasteiger partial charge is 0.351 e. The number of carbonyl (C=O) groups is 1. The average Bonchev–Trinajstić information content (AvgIpc) is 2.78. The number of nitrogens with zero attached hydrogens (tertiary/aromatic N) is 5. The van der Waals surface area contributed by atoms with E-state index in [1.807, 2.05) is 18.2 Å². The first kappa shape index (κ1) is 19.5. The minimum Gasteiger partial charge on any atom is -0.351 e. The third-order valence-corrected chi connectivity index (χ3v) is 5.09. The Kier molecular flexibility index (Phi) is 5.13. The molecular formula is C20H19FN6O3. The Balaban J connectivity index is 1.52. The molecule has 3 heterocycles. The maximum absolute atomic E-state index is 15.1. The first-order chi connectivity index (χ1) is 14.5. The van der Waals surface area contributed by atoms with E-state index >= 15 is 4.39 Å². The Morgan fingerprint density at radius 1 is 1.07 bits per heavy atom. The SMILES string of the molecule is Cn1c(=O)[nH]cc(C(=O)N2CCN(c3ncnc(-c4ccccc4)c3F)CC2)c1=O. The standard InChI is InChI=1S/C20H19FN6O3/c1-25-18(28)14(11-22-20(25)30)19(29)27-9-7-26(8-10-27)17-15(21)16(23-12-24-17)13-5-3-2-4-6-13/h2-6,11-12H,7-10H2,1H3,(H,22,30). The first-order valence-electron chi connectivity index (χ1n) is 9.36. The van der Waals surface area contributed by atoms with Gasteiger partial charge >= 0.3 is 5.69 Å². The van der Waals surface area contributed by atoms with Crippen LogP contribution in [0.2, 0.25) is 0 Å². The minimum atomic E-state index is -0.652. The molecule has 0 unspecified atom stereocenters. The Morgan fingerprint density at radius 3 is 2.47 bits per heavy atom. The van der Waals surface area contributed by atoms with E-state index in [0.717, 1.165) is 10.8 Å². The van der Waals surface area contributed by atoms with Crippen LogP contribution in [0.4, 0.5) is 10.2 Å². The van der Waals surface area contributed by atoms with Crippen LogP contribution in [0.1, 0.15) is 10.4 Å². The number of hydrogen-bond donors (Lipinski definition) is 1. The molecule has 0 aliphatic carbocycles. The number of nitrogens with one attached hydrogen (secondary N) is 1. The van der Waals surface area contributed by atoms with Crippen LogP contribution in [0.5, 0.6) is 0 Å². The van der Waals surface area contributed by atoms with E-state index in [1.54, 1.807) is 17.0 Å². The molecule has 1 aliphatic rings. The van der Waals surface area contributed by atoms with E-state index in [4.69, 9.17) is 0 Å². The third-order valence-electron chi connectivity index (χ3n) is 5.09. The molecule has 1 N–H and O–H groups in total. The molecule has 1 aromatic carbocycles. The molecule has 3 aromatic rings. The Hall–Kier alpha value is -3.82. The van der Waals surface area contributed by atoms with Gasteiger partial charge < -0.3 is 14.8 Å². The van der Waals surface area contributed by atoms with Gasteiger partial charge in [-0.15, -0.1) is 0 Å². The summed E-state index contributed by atoms with van der Waals surface area (Å²) in [5, 5.41) is 0. The highest BCUT2D eigenvalue weighted by atomic mass is 19.1. The number of piperazine rings is 1. The number of anilines is 1. The molecule has 0 bridgehead atoms. The van der Waals surface area contributed by atoms with Crippen molar-refractivity contribution in [1.29, 1.82) is 0 Å². The zero-order valence-electron chi connectivity index (χ0n) is 16.2. The summed E-state index contributed by atoms with van der Waals surface area (Å²) in [4.78, 5) is 50.2. The lowest BCUT2D eigenvalue weighted by atomic mass is 10.1. The number of amides is 1. The number of aromatic nitrogens is 4. The molecule has 0 spiro atoms. The van der Waals surface area contributed by atoms with Crippen LogP contribution in [0.25, 0.3) is 11.3 Å². The van der Waals surface area contributed by atoms with E-state index in [2.05, 4.69) is 15.0 Å². The van der Waals surface area contributed by atoms with Gasteiger partial charge in [0.1, 0.15) is 17.6 Å². The average molecular weight is 410 g/mol. The zero-order chi connectivity index (χ0) is 21.3. The molecule has 0 radical (unpaired) electrons. The molecule has 0 atom stereocenters. The summed E-state index contributed by atoms with van der Waals surface area (Å²) in [6.07, 6.45) is 2.46. The first-order valence-corrected chi connectivity index (χ1v) is 9.36. The van der Waals surface area contributed by atoms with Crippen LogP contribution in [0, 0.1) is 5.82 Å². The summed E-state index contributed by atoms with van der Waals surface area (Å²) < 4.78 is 15.9. The summed E-state index contributed by atoms with van der Waals surface area (Å²) in [7, 11) is 1.30. The second kappa shape index (κ2) is 7.90. The summed E-state index contributed by atoms with van der Waals surface area (Å²) in [6, 6.07) is 9.01. The topological polar surface area (TPSA) is 104 Å². The van der Waals surface area contributed by atoms with Gasteiger partial charge in [-0.1, -0.05) is 30.3 Å². The number of benzene rings is 1.